The molecule has 0 saturated heterocycles. The van der Waals surface area contributed by atoms with Crippen LogP contribution in [0.4, 0.5) is 0 Å². The maximum atomic E-state index is 9.07. The molecule has 0 radical (unpaired) electrons. The Morgan fingerprint density at radius 2 is 2.46 bits per heavy atom. The first-order valence-corrected chi connectivity index (χ1v) is 5.36. The van der Waals surface area contributed by atoms with Gasteiger partial charge in [0.25, 0.3) is 0 Å². The topological polar surface area (TPSA) is 38.0 Å². The molecule has 1 aliphatic rings. The molecular formula is C9H13BrN2O. The summed E-state index contributed by atoms with van der Waals surface area (Å²) in [7, 11) is 0. The normalized spacial score (nSPS) is 21.6. The molecule has 1 N–H and O–H groups in total. The van der Waals surface area contributed by atoms with Crippen LogP contribution in [0, 0.1) is 5.92 Å². The van der Waals surface area contributed by atoms with Gasteiger partial charge in [0, 0.05) is 6.54 Å². The van der Waals surface area contributed by atoms with Gasteiger partial charge >= 0.3 is 0 Å². The molecule has 3 nitrogen and oxygen atoms in total. The lowest BCUT2D eigenvalue weighted by atomic mass is 9.99. The highest BCUT2D eigenvalue weighted by atomic mass is 79.9. The first kappa shape index (κ1) is 9.21. The molecule has 0 amide bonds. The number of imidazole rings is 1. The van der Waals surface area contributed by atoms with E-state index in [1.54, 1.807) is 0 Å². The van der Waals surface area contributed by atoms with Gasteiger partial charge in [-0.05, 0) is 34.7 Å². The fourth-order valence-electron chi connectivity index (χ4n) is 1.87. The molecule has 4 heteroatoms. The van der Waals surface area contributed by atoms with Crippen molar-refractivity contribution in [1.29, 1.82) is 0 Å². The summed E-state index contributed by atoms with van der Waals surface area (Å²) in [6, 6.07) is 0. The molecule has 1 atom stereocenters. The maximum Gasteiger partial charge on any atom is 0.136 e. The summed E-state index contributed by atoms with van der Waals surface area (Å²) >= 11 is 3.43. The lowest BCUT2D eigenvalue weighted by molar-refractivity contribution is 0.259. The molecular weight excluding hydrogens is 232 g/mol. The summed E-state index contributed by atoms with van der Waals surface area (Å²) in [5, 5.41) is 9.07. The smallest absolute Gasteiger partial charge is 0.136 e. The SMILES string of the molecule is CC1CCn2c(CO)nc(Br)c2C1. The molecule has 1 aliphatic heterocycles. The van der Waals surface area contributed by atoms with Gasteiger partial charge in [0.05, 0.1) is 5.69 Å². The van der Waals surface area contributed by atoms with Crippen molar-refractivity contribution in [3.05, 3.63) is 16.1 Å². The number of fused-ring (bicyclic) bond motifs is 1. The van der Waals surface area contributed by atoms with E-state index in [0.29, 0.717) is 0 Å². The predicted octanol–water partition coefficient (Wildman–Crippen LogP) is 1.72. The van der Waals surface area contributed by atoms with Gasteiger partial charge < -0.3 is 9.67 Å². The summed E-state index contributed by atoms with van der Waals surface area (Å²) in [5.74, 6) is 1.51. The first-order valence-electron chi connectivity index (χ1n) is 4.57. The zero-order chi connectivity index (χ0) is 9.42. The summed E-state index contributed by atoms with van der Waals surface area (Å²) in [5.41, 5.74) is 1.24. The third kappa shape index (κ3) is 1.53. The molecule has 0 aromatic carbocycles. The third-order valence-corrected chi connectivity index (χ3v) is 3.27. The molecule has 2 rings (SSSR count). The Morgan fingerprint density at radius 1 is 1.69 bits per heavy atom. The van der Waals surface area contributed by atoms with E-state index >= 15 is 0 Å². The average molecular weight is 245 g/mol. The monoisotopic (exact) mass is 244 g/mol. The highest BCUT2D eigenvalue weighted by Gasteiger charge is 2.21. The summed E-state index contributed by atoms with van der Waals surface area (Å²) in [4.78, 5) is 4.27. The fourth-order valence-corrected chi connectivity index (χ4v) is 2.45. The van der Waals surface area contributed by atoms with Crippen molar-refractivity contribution in [2.24, 2.45) is 5.92 Å². The van der Waals surface area contributed by atoms with E-state index in [0.717, 1.165) is 29.3 Å². The van der Waals surface area contributed by atoms with Gasteiger partial charge in [-0.15, -0.1) is 0 Å². The summed E-state index contributed by atoms with van der Waals surface area (Å²) < 4.78 is 3.03. The molecule has 0 fully saturated rings. The first-order chi connectivity index (χ1) is 6.22. The van der Waals surface area contributed by atoms with E-state index < -0.39 is 0 Å². The summed E-state index contributed by atoms with van der Waals surface area (Å²) in [6.07, 6.45) is 2.25. The minimum Gasteiger partial charge on any atom is -0.388 e. The Labute approximate surface area is 85.9 Å². The van der Waals surface area contributed by atoms with Crippen LogP contribution in [0.5, 0.6) is 0 Å². The van der Waals surface area contributed by atoms with Crippen molar-refractivity contribution in [2.75, 3.05) is 0 Å². The number of hydrogen-bond acceptors (Lipinski definition) is 2. The zero-order valence-electron chi connectivity index (χ0n) is 7.63. The van der Waals surface area contributed by atoms with Gasteiger partial charge in [-0.3, -0.25) is 0 Å². The van der Waals surface area contributed by atoms with E-state index in [9.17, 15) is 0 Å². The highest BCUT2D eigenvalue weighted by molar-refractivity contribution is 9.10. The molecule has 1 aromatic rings. The Hall–Kier alpha value is -0.350. The van der Waals surface area contributed by atoms with E-state index in [1.807, 2.05) is 0 Å². The lowest BCUT2D eigenvalue weighted by Crippen LogP contribution is -2.18. The van der Waals surface area contributed by atoms with Crippen molar-refractivity contribution in [2.45, 2.75) is 32.9 Å². The molecule has 1 unspecified atom stereocenters. The van der Waals surface area contributed by atoms with Crippen LogP contribution < -0.4 is 0 Å². The highest BCUT2D eigenvalue weighted by Crippen LogP contribution is 2.27. The molecule has 2 heterocycles. The van der Waals surface area contributed by atoms with Crippen LogP contribution >= 0.6 is 15.9 Å². The van der Waals surface area contributed by atoms with Crippen LogP contribution in [0.3, 0.4) is 0 Å². The van der Waals surface area contributed by atoms with Crippen molar-refractivity contribution < 1.29 is 5.11 Å². The minimum atomic E-state index is 0.0347. The molecule has 0 bridgehead atoms. The quantitative estimate of drug-likeness (QED) is 0.818. The number of aliphatic hydroxyl groups excluding tert-OH is 1. The largest absolute Gasteiger partial charge is 0.388 e. The Bertz CT molecular complexity index is 322. The minimum absolute atomic E-state index is 0.0347. The number of hydrogen-bond donors (Lipinski definition) is 1. The molecule has 1 aromatic heterocycles. The van der Waals surface area contributed by atoms with E-state index in [4.69, 9.17) is 5.11 Å². The van der Waals surface area contributed by atoms with Crippen LogP contribution in [-0.2, 0) is 19.6 Å². The molecule has 0 aliphatic carbocycles. The van der Waals surface area contributed by atoms with Crippen LogP contribution in [-0.4, -0.2) is 14.7 Å². The number of halogens is 1. The second kappa shape index (κ2) is 3.42. The summed E-state index contributed by atoms with van der Waals surface area (Å²) in [6.45, 7) is 3.28. The van der Waals surface area contributed by atoms with Crippen LogP contribution in [0.2, 0.25) is 0 Å². The van der Waals surface area contributed by atoms with Crippen LogP contribution in [0.25, 0.3) is 0 Å². The molecule has 13 heavy (non-hydrogen) atoms. The van der Waals surface area contributed by atoms with E-state index in [2.05, 4.69) is 32.4 Å². The van der Waals surface area contributed by atoms with Crippen molar-refractivity contribution in [3.63, 3.8) is 0 Å². The van der Waals surface area contributed by atoms with E-state index in [1.165, 1.54) is 12.1 Å². The predicted molar refractivity (Wildman–Crippen MR) is 53.3 cm³/mol. The van der Waals surface area contributed by atoms with Gasteiger partial charge in [-0.2, -0.15) is 0 Å². The molecule has 0 spiro atoms. The number of nitrogens with zero attached hydrogens (tertiary/aromatic N) is 2. The van der Waals surface area contributed by atoms with E-state index in [-0.39, 0.29) is 6.61 Å². The zero-order valence-corrected chi connectivity index (χ0v) is 9.21. The third-order valence-electron chi connectivity index (χ3n) is 2.63. The second-order valence-electron chi connectivity index (χ2n) is 3.67. The second-order valence-corrected chi connectivity index (χ2v) is 4.42. The van der Waals surface area contributed by atoms with Crippen LogP contribution in [0.15, 0.2) is 4.60 Å². The van der Waals surface area contributed by atoms with Crippen LogP contribution in [0.1, 0.15) is 24.9 Å². The fraction of sp³-hybridized carbons (Fsp3) is 0.667. The van der Waals surface area contributed by atoms with Gasteiger partial charge in [0.15, 0.2) is 0 Å². The Morgan fingerprint density at radius 3 is 3.15 bits per heavy atom. The van der Waals surface area contributed by atoms with Gasteiger partial charge in [-0.1, -0.05) is 6.92 Å². The number of aromatic nitrogens is 2. The van der Waals surface area contributed by atoms with Crippen molar-refractivity contribution in [1.82, 2.24) is 9.55 Å². The van der Waals surface area contributed by atoms with Gasteiger partial charge in [-0.25, -0.2) is 4.98 Å². The Balaban J connectivity index is 2.42. The lowest BCUT2D eigenvalue weighted by Gasteiger charge is -2.21. The standard InChI is InChI=1S/C9H13BrN2O/c1-6-2-3-12-7(4-6)9(10)11-8(12)5-13/h6,13H,2-5H2,1H3. The maximum absolute atomic E-state index is 9.07. The van der Waals surface area contributed by atoms with Crippen molar-refractivity contribution in [3.8, 4) is 0 Å². The van der Waals surface area contributed by atoms with Gasteiger partial charge in [0.1, 0.15) is 17.0 Å². The van der Waals surface area contributed by atoms with Gasteiger partial charge in [0.2, 0.25) is 0 Å². The average Bonchev–Trinajstić information content (AvgIpc) is 2.43. The molecule has 72 valence electrons. The number of aliphatic hydroxyl groups is 1. The Kier molecular flexibility index (Phi) is 2.43. The van der Waals surface area contributed by atoms with Crippen molar-refractivity contribution >= 4 is 15.9 Å². The number of rotatable bonds is 1. The molecule has 0 saturated carbocycles.